The van der Waals surface area contributed by atoms with Gasteiger partial charge in [0.1, 0.15) is 0 Å². The molecule has 0 bridgehead atoms. The average molecular weight is 306 g/mol. The maximum Gasteiger partial charge on any atom is 0.290 e. The summed E-state index contributed by atoms with van der Waals surface area (Å²) < 4.78 is 5.83. The molecule has 0 atom stereocenters. The summed E-state index contributed by atoms with van der Waals surface area (Å²) in [7, 11) is 0. The minimum atomic E-state index is -0.250. The van der Waals surface area contributed by atoms with Gasteiger partial charge in [0, 0.05) is 38.1 Å². The van der Waals surface area contributed by atoms with E-state index in [0.29, 0.717) is 6.04 Å². The first-order valence-electron chi connectivity index (χ1n) is 8.00. The van der Waals surface area contributed by atoms with Gasteiger partial charge in [-0.3, -0.25) is 14.7 Å². The molecular formula is C17H26N2O3. The van der Waals surface area contributed by atoms with Crippen molar-refractivity contribution in [2.45, 2.75) is 52.3 Å². The summed E-state index contributed by atoms with van der Waals surface area (Å²) in [6.07, 6.45) is 7.88. The molecule has 1 saturated carbocycles. The van der Waals surface area contributed by atoms with Crippen LogP contribution in [0.3, 0.4) is 0 Å². The van der Waals surface area contributed by atoms with Gasteiger partial charge in [-0.1, -0.05) is 0 Å². The fraction of sp³-hybridized carbons (Fsp3) is 0.647. The second-order valence-corrected chi connectivity index (χ2v) is 6.31. The number of hydrogen-bond acceptors (Lipinski definition) is 4. The van der Waals surface area contributed by atoms with E-state index in [9.17, 15) is 0 Å². The Morgan fingerprint density at radius 3 is 2.82 bits per heavy atom. The quantitative estimate of drug-likeness (QED) is 0.847. The number of aromatic nitrogens is 1. The molecule has 3 rings (SSSR count). The van der Waals surface area contributed by atoms with Crippen molar-refractivity contribution in [3.8, 4) is 0 Å². The van der Waals surface area contributed by atoms with Crippen LogP contribution in [0.2, 0.25) is 0 Å². The summed E-state index contributed by atoms with van der Waals surface area (Å²) in [5.41, 5.74) is 4.19. The molecule has 1 aromatic heterocycles. The van der Waals surface area contributed by atoms with E-state index in [0.717, 1.165) is 38.6 Å². The molecule has 1 fully saturated rings. The molecule has 0 amide bonds. The van der Waals surface area contributed by atoms with Gasteiger partial charge in [0.25, 0.3) is 6.47 Å². The van der Waals surface area contributed by atoms with Crippen molar-refractivity contribution in [3.63, 3.8) is 0 Å². The van der Waals surface area contributed by atoms with E-state index in [-0.39, 0.29) is 6.47 Å². The summed E-state index contributed by atoms with van der Waals surface area (Å²) in [5.74, 6) is 0.837. The summed E-state index contributed by atoms with van der Waals surface area (Å²) in [6, 6.07) is 0.614. The minimum Gasteiger partial charge on any atom is -0.483 e. The minimum absolute atomic E-state index is 0.250. The molecule has 22 heavy (non-hydrogen) atoms. The van der Waals surface area contributed by atoms with Gasteiger partial charge in [0.05, 0.1) is 6.61 Å². The number of carbonyl (C=O) groups is 1. The maximum atomic E-state index is 8.36. The summed E-state index contributed by atoms with van der Waals surface area (Å²) >= 11 is 0. The fourth-order valence-electron chi connectivity index (χ4n) is 2.78. The maximum absolute atomic E-state index is 8.36. The average Bonchev–Trinajstić information content (AvgIpc) is 3.32. The van der Waals surface area contributed by atoms with Crippen LogP contribution in [0.15, 0.2) is 12.4 Å². The molecule has 1 N–H and O–H groups in total. The molecule has 2 aliphatic rings. The smallest absolute Gasteiger partial charge is 0.290 e. The number of ether oxygens (including phenoxy) is 1. The van der Waals surface area contributed by atoms with Gasteiger partial charge < -0.3 is 9.84 Å². The van der Waals surface area contributed by atoms with Crippen LogP contribution < -0.4 is 0 Å². The SMILES string of the molecule is CC(C)N1CCc2c(COCC3CC3)cncc2C1.O=CO. The zero-order valence-corrected chi connectivity index (χ0v) is 13.5. The Labute approximate surface area is 132 Å². The molecule has 5 heteroatoms. The molecule has 0 aromatic carbocycles. The van der Waals surface area contributed by atoms with E-state index in [1.165, 1.54) is 29.5 Å². The highest BCUT2D eigenvalue weighted by Crippen LogP contribution is 2.29. The van der Waals surface area contributed by atoms with E-state index < -0.39 is 0 Å². The van der Waals surface area contributed by atoms with Crippen LogP contribution in [-0.2, 0) is 29.1 Å². The lowest BCUT2D eigenvalue weighted by molar-refractivity contribution is -0.122. The molecule has 5 nitrogen and oxygen atoms in total. The molecule has 0 spiro atoms. The molecule has 0 radical (unpaired) electrons. The fourth-order valence-corrected chi connectivity index (χ4v) is 2.78. The molecule has 1 aliphatic carbocycles. The summed E-state index contributed by atoms with van der Waals surface area (Å²) in [4.78, 5) is 15.3. The van der Waals surface area contributed by atoms with E-state index >= 15 is 0 Å². The van der Waals surface area contributed by atoms with Crippen LogP contribution >= 0.6 is 0 Å². The van der Waals surface area contributed by atoms with Gasteiger partial charge in [-0.25, -0.2) is 0 Å². The third-order valence-corrected chi connectivity index (χ3v) is 4.30. The van der Waals surface area contributed by atoms with Gasteiger partial charge >= 0.3 is 0 Å². The number of nitrogens with zero attached hydrogens (tertiary/aromatic N) is 2. The Bertz CT molecular complexity index is 487. The first-order chi connectivity index (χ1) is 10.7. The van der Waals surface area contributed by atoms with Crippen LogP contribution in [0, 0.1) is 5.92 Å². The Morgan fingerprint density at radius 2 is 2.18 bits per heavy atom. The molecule has 2 heterocycles. The van der Waals surface area contributed by atoms with E-state index in [4.69, 9.17) is 14.6 Å². The standard InChI is InChI=1S/C16H24N2O.CH2O2/c1-12(2)18-6-5-16-14(9-18)7-17-8-15(16)11-19-10-13-3-4-13;2-1-3/h7-8,12-13H,3-6,9-11H2,1-2H3;1H,(H,2,3). The highest BCUT2D eigenvalue weighted by Gasteiger charge is 2.23. The van der Waals surface area contributed by atoms with Crippen LogP contribution in [-0.4, -0.2) is 40.7 Å². The topological polar surface area (TPSA) is 62.7 Å². The Kier molecular flexibility index (Phi) is 6.34. The van der Waals surface area contributed by atoms with Crippen LogP contribution in [0.5, 0.6) is 0 Å². The molecule has 0 saturated heterocycles. The monoisotopic (exact) mass is 306 g/mol. The van der Waals surface area contributed by atoms with Crippen molar-refractivity contribution in [2.24, 2.45) is 5.92 Å². The first-order valence-corrected chi connectivity index (χ1v) is 8.00. The summed E-state index contributed by atoms with van der Waals surface area (Å²) in [5, 5.41) is 6.89. The largest absolute Gasteiger partial charge is 0.483 e. The lowest BCUT2D eigenvalue weighted by Crippen LogP contribution is -2.36. The molecule has 1 aliphatic heterocycles. The van der Waals surface area contributed by atoms with Gasteiger partial charge in [-0.15, -0.1) is 0 Å². The van der Waals surface area contributed by atoms with Gasteiger partial charge in [0.15, 0.2) is 0 Å². The first kappa shape index (κ1) is 16.9. The second kappa shape index (κ2) is 8.25. The van der Waals surface area contributed by atoms with Gasteiger partial charge in [-0.05, 0) is 55.7 Å². The predicted molar refractivity (Wildman–Crippen MR) is 84.6 cm³/mol. The van der Waals surface area contributed by atoms with Gasteiger partial charge in [0.2, 0.25) is 0 Å². The highest BCUT2D eigenvalue weighted by atomic mass is 16.5. The van der Waals surface area contributed by atoms with Crippen molar-refractivity contribution >= 4 is 6.47 Å². The molecule has 0 unspecified atom stereocenters. The third-order valence-electron chi connectivity index (χ3n) is 4.30. The Hall–Kier alpha value is -1.46. The van der Waals surface area contributed by atoms with Crippen molar-refractivity contribution in [1.82, 2.24) is 9.88 Å². The lowest BCUT2D eigenvalue weighted by Gasteiger charge is -2.32. The molecule has 1 aromatic rings. The van der Waals surface area contributed by atoms with Crippen LogP contribution in [0.4, 0.5) is 0 Å². The van der Waals surface area contributed by atoms with Crippen molar-refractivity contribution in [1.29, 1.82) is 0 Å². The summed E-state index contributed by atoms with van der Waals surface area (Å²) in [6.45, 7) is 8.15. The highest BCUT2D eigenvalue weighted by molar-refractivity contribution is 5.33. The van der Waals surface area contributed by atoms with Crippen molar-refractivity contribution in [2.75, 3.05) is 13.2 Å². The number of carboxylic acid groups (broad SMARTS) is 1. The number of hydrogen-bond donors (Lipinski definition) is 1. The second-order valence-electron chi connectivity index (χ2n) is 6.31. The lowest BCUT2D eigenvalue weighted by atomic mass is 9.97. The predicted octanol–water partition coefficient (Wildman–Crippen LogP) is 2.48. The van der Waals surface area contributed by atoms with Crippen LogP contribution in [0.1, 0.15) is 43.4 Å². The molecular weight excluding hydrogens is 280 g/mol. The van der Waals surface area contributed by atoms with E-state index in [2.05, 4.69) is 23.7 Å². The molecule has 122 valence electrons. The van der Waals surface area contributed by atoms with Crippen molar-refractivity contribution in [3.05, 3.63) is 29.1 Å². The zero-order valence-electron chi connectivity index (χ0n) is 13.5. The zero-order chi connectivity index (χ0) is 15.9. The third kappa shape index (κ3) is 4.78. The number of pyridine rings is 1. The van der Waals surface area contributed by atoms with E-state index in [1.807, 2.05) is 12.4 Å². The van der Waals surface area contributed by atoms with Crippen molar-refractivity contribution < 1.29 is 14.6 Å². The van der Waals surface area contributed by atoms with Crippen LogP contribution in [0.25, 0.3) is 0 Å². The van der Waals surface area contributed by atoms with E-state index in [1.54, 1.807) is 0 Å². The normalized spacial score (nSPS) is 17.6. The Morgan fingerprint density at radius 1 is 1.45 bits per heavy atom. The Balaban J connectivity index is 0.000000545. The van der Waals surface area contributed by atoms with Gasteiger partial charge in [-0.2, -0.15) is 0 Å². The number of rotatable bonds is 5. The number of fused-ring (bicyclic) bond motifs is 1.